The SMILES string of the molecule is COCCN(C)Cc1ccc([C@H]2CCCCO2)o1. The minimum absolute atomic E-state index is 0.164. The zero-order chi connectivity index (χ0) is 12.8. The summed E-state index contributed by atoms with van der Waals surface area (Å²) >= 11 is 0. The van der Waals surface area contributed by atoms with Crippen LogP contribution in [0, 0.1) is 0 Å². The Balaban J connectivity index is 1.85. The first-order valence-electron chi connectivity index (χ1n) is 6.67. The first-order valence-corrected chi connectivity index (χ1v) is 6.67. The van der Waals surface area contributed by atoms with Crippen molar-refractivity contribution in [3.63, 3.8) is 0 Å². The number of hydrogen-bond acceptors (Lipinski definition) is 4. The summed E-state index contributed by atoms with van der Waals surface area (Å²) in [5, 5.41) is 0. The van der Waals surface area contributed by atoms with Crippen LogP contribution < -0.4 is 0 Å². The van der Waals surface area contributed by atoms with Gasteiger partial charge >= 0.3 is 0 Å². The summed E-state index contributed by atoms with van der Waals surface area (Å²) in [5.74, 6) is 1.97. The van der Waals surface area contributed by atoms with Crippen LogP contribution in [0.1, 0.15) is 36.9 Å². The number of hydrogen-bond donors (Lipinski definition) is 0. The van der Waals surface area contributed by atoms with Gasteiger partial charge in [-0.15, -0.1) is 0 Å². The maximum absolute atomic E-state index is 5.87. The van der Waals surface area contributed by atoms with Crippen LogP contribution in [0.5, 0.6) is 0 Å². The van der Waals surface area contributed by atoms with Crippen LogP contribution in [0.2, 0.25) is 0 Å². The van der Waals surface area contributed by atoms with Crippen LogP contribution in [0.25, 0.3) is 0 Å². The van der Waals surface area contributed by atoms with Crippen molar-refractivity contribution in [3.8, 4) is 0 Å². The van der Waals surface area contributed by atoms with E-state index in [1.165, 1.54) is 12.8 Å². The molecule has 0 aliphatic carbocycles. The van der Waals surface area contributed by atoms with Crippen molar-refractivity contribution in [2.75, 3.05) is 33.9 Å². The second kappa shape index (κ2) is 6.92. The molecule has 0 aromatic carbocycles. The Morgan fingerprint density at radius 1 is 1.39 bits per heavy atom. The number of ether oxygens (including phenoxy) is 2. The molecule has 18 heavy (non-hydrogen) atoms. The maximum atomic E-state index is 5.87. The van der Waals surface area contributed by atoms with Crippen molar-refractivity contribution in [2.45, 2.75) is 31.9 Å². The van der Waals surface area contributed by atoms with Crippen LogP contribution in [-0.4, -0.2) is 38.8 Å². The van der Waals surface area contributed by atoms with Crippen molar-refractivity contribution >= 4 is 0 Å². The molecule has 4 nitrogen and oxygen atoms in total. The molecular formula is C14H23NO3. The van der Waals surface area contributed by atoms with Gasteiger partial charge in [-0.3, -0.25) is 4.90 Å². The maximum Gasteiger partial charge on any atom is 0.133 e. The lowest BCUT2D eigenvalue weighted by Gasteiger charge is -2.20. The summed E-state index contributed by atoms with van der Waals surface area (Å²) in [5.41, 5.74) is 0. The van der Waals surface area contributed by atoms with Crippen LogP contribution in [-0.2, 0) is 16.0 Å². The van der Waals surface area contributed by atoms with Crippen molar-refractivity contribution in [2.24, 2.45) is 0 Å². The van der Waals surface area contributed by atoms with Crippen molar-refractivity contribution in [3.05, 3.63) is 23.7 Å². The molecule has 4 heteroatoms. The highest BCUT2D eigenvalue weighted by atomic mass is 16.5. The highest BCUT2D eigenvalue weighted by Crippen LogP contribution is 2.29. The van der Waals surface area contributed by atoms with Gasteiger partial charge in [0.2, 0.25) is 0 Å². The molecule has 0 bridgehead atoms. The van der Waals surface area contributed by atoms with E-state index in [-0.39, 0.29) is 6.10 Å². The van der Waals surface area contributed by atoms with E-state index < -0.39 is 0 Å². The predicted octanol–water partition coefficient (Wildman–Crippen LogP) is 2.60. The van der Waals surface area contributed by atoms with Gasteiger partial charge in [-0.05, 0) is 38.4 Å². The largest absolute Gasteiger partial charge is 0.462 e. The normalized spacial score (nSPS) is 20.5. The molecule has 0 unspecified atom stereocenters. The number of furan rings is 1. The second-order valence-electron chi connectivity index (χ2n) is 4.89. The first kappa shape index (κ1) is 13.6. The molecule has 0 N–H and O–H groups in total. The van der Waals surface area contributed by atoms with Crippen LogP contribution in [0.3, 0.4) is 0 Å². The molecule has 0 radical (unpaired) electrons. The zero-order valence-electron chi connectivity index (χ0n) is 11.4. The second-order valence-corrected chi connectivity index (χ2v) is 4.89. The summed E-state index contributed by atoms with van der Waals surface area (Å²) in [6.07, 6.45) is 3.64. The zero-order valence-corrected chi connectivity index (χ0v) is 11.4. The van der Waals surface area contributed by atoms with Crippen molar-refractivity contribution in [1.29, 1.82) is 0 Å². The number of nitrogens with zero attached hydrogens (tertiary/aromatic N) is 1. The van der Waals surface area contributed by atoms with E-state index in [0.29, 0.717) is 0 Å². The van der Waals surface area contributed by atoms with Gasteiger partial charge in [0.1, 0.15) is 17.6 Å². The van der Waals surface area contributed by atoms with Crippen LogP contribution in [0.15, 0.2) is 16.5 Å². The van der Waals surface area contributed by atoms with E-state index in [9.17, 15) is 0 Å². The molecule has 0 amide bonds. The molecule has 1 aromatic heterocycles. The molecular weight excluding hydrogens is 230 g/mol. The van der Waals surface area contributed by atoms with E-state index in [1.54, 1.807) is 7.11 Å². The Bertz CT molecular complexity index is 345. The molecule has 0 spiro atoms. The quantitative estimate of drug-likeness (QED) is 0.780. The minimum Gasteiger partial charge on any atom is -0.462 e. The van der Waals surface area contributed by atoms with Gasteiger partial charge in [0, 0.05) is 20.3 Å². The average molecular weight is 253 g/mol. The Morgan fingerprint density at radius 3 is 3.00 bits per heavy atom. The molecule has 1 saturated heterocycles. The summed E-state index contributed by atoms with van der Waals surface area (Å²) in [6.45, 7) is 3.33. The number of likely N-dealkylation sites (N-methyl/N-ethyl adjacent to an activating group) is 1. The van der Waals surface area contributed by atoms with E-state index >= 15 is 0 Å². The lowest BCUT2D eigenvalue weighted by Crippen LogP contribution is -2.22. The van der Waals surface area contributed by atoms with Crippen LogP contribution in [0.4, 0.5) is 0 Å². The van der Waals surface area contributed by atoms with Gasteiger partial charge in [-0.1, -0.05) is 0 Å². The minimum atomic E-state index is 0.164. The third kappa shape index (κ3) is 3.83. The van der Waals surface area contributed by atoms with Gasteiger partial charge in [-0.2, -0.15) is 0 Å². The predicted molar refractivity (Wildman–Crippen MR) is 69.5 cm³/mol. The first-order chi connectivity index (χ1) is 8.79. The van der Waals surface area contributed by atoms with E-state index in [2.05, 4.69) is 24.1 Å². The van der Waals surface area contributed by atoms with E-state index in [4.69, 9.17) is 13.9 Å². The molecule has 1 aliphatic rings. The van der Waals surface area contributed by atoms with Gasteiger partial charge in [0.05, 0.1) is 13.2 Å². The standard InChI is InChI=1S/C14H23NO3/c1-15(8-10-16-2)11-12-6-7-14(18-12)13-5-3-4-9-17-13/h6-7,13H,3-5,8-11H2,1-2H3/t13-/m1/s1. The van der Waals surface area contributed by atoms with Gasteiger partial charge < -0.3 is 13.9 Å². The summed E-state index contributed by atoms with van der Waals surface area (Å²) in [7, 11) is 3.79. The Labute approximate surface area is 109 Å². The fourth-order valence-corrected chi connectivity index (χ4v) is 2.21. The third-order valence-corrected chi connectivity index (χ3v) is 3.28. The molecule has 1 atom stereocenters. The molecule has 1 fully saturated rings. The highest BCUT2D eigenvalue weighted by Gasteiger charge is 2.19. The molecule has 0 saturated carbocycles. The lowest BCUT2D eigenvalue weighted by molar-refractivity contribution is 0.000871. The Kier molecular flexibility index (Phi) is 5.23. The summed E-state index contributed by atoms with van der Waals surface area (Å²) in [6, 6.07) is 4.10. The summed E-state index contributed by atoms with van der Waals surface area (Å²) < 4.78 is 16.6. The lowest BCUT2D eigenvalue weighted by atomic mass is 10.1. The molecule has 102 valence electrons. The Hall–Kier alpha value is -0.840. The third-order valence-electron chi connectivity index (χ3n) is 3.28. The average Bonchev–Trinajstić information content (AvgIpc) is 2.86. The smallest absolute Gasteiger partial charge is 0.133 e. The molecule has 2 rings (SSSR count). The topological polar surface area (TPSA) is 34.8 Å². The highest BCUT2D eigenvalue weighted by molar-refractivity contribution is 5.10. The van der Waals surface area contributed by atoms with Gasteiger partial charge in [0.25, 0.3) is 0 Å². The molecule has 2 heterocycles. The van der Waals surface area contributed by atoms with E-state index in [1.807, 2.05) is 0 Å². The van der Waals surface area contributed by atoms with Gasteiger partial charge in [-0.25, -0.2) is 0 Å². The molecule has 1 aliphatic heterocycles. The monoisotopic (exact) mass is 253 g/mol. The van der Waals surface area contributed by atoms with E-state index in [0.717, 1.165) is 44.2 Å². The molecule has 1 aromatic rings. The number of rotatable bonds is 6. The van der Waals surface area contributed by atoms with Crippen LogP contribution >= 0.6 is 0 Å². The van der Waals surface area contributed by atoms with Crippen molar-refractivity contribution < 1.29 is 13.9 Å². The summed E-state index contributed by atoms with van der Waals surface area (Å²) in [4.78, 5) is 2.19. The fourth-order valence-electron chi connectivity index (χ4n) is 2.21. The van der Waals surface area contributed by atoms with Crippen molar-refractivity contribution in [1.82, 2.24) is 4.90 Å². The number of methoxy groups -OCH3 is 1. The fraction of sp³-hybridized carbons (Fsp3) is 0.714. The van der Waals surface area contributed by atoms with Gasteiger partial charge in [0.15, 0.2) is 0 Å². The Morgan fingerprint density at radius 2 is 2.28 bits per heavy atom.